The molecule has 2 aliphatic heterocycles. The van der Waals surface area contributed by atoms with Gasteiger partial charge in [0.05, 0.1) is 77.8 Å². The van der Waals surface area contributed by atoms with Crippen LogP contribution in [-0.2, 0) is 16.2 Å². The van der Waals surface area contributed by atoms with Crippen LogP contribution in [0.4, 0.5) is 34.1 Å². The first-order valence-corrected chi connectivity index (χ1v) is 36.6. The molecule has 4 aromatic heterocycles. The van der Waals surface area contributed by atoms with Crippen LogP contribution in [0.3, 0.4) is 0 Å². The summed E-state index contributed by atoms with van der Waals surface area (Å²) in [5.41, 5.74) is 20.1. The highest BCUT2D eigenvalue weighted by Crippen LogP contribution is 2.51. The second-order valence-electron chi connectivity index (χ2n) is 31.7. The molecule has 0 aliphatic carbocycles. The summed E-state index contributed by atoms with van der Waals surface area (Å²) in [6.45, 7) is 19.5. The summed E-state index contributed by atoms with van der Waals surface area (Å²) in [6.07, 6.45) is 0. The zero-order valence-corrected chi connectivity index (χ0v) is 60.7. The van der Waals surface area contributed by atoms with Crippen molar-refractivity contribution in [2.45, 2.75) is 78.6 Å². The molecule has 510 valence electrons. The molecule has 0 saturated heterocycles. The first-order chi connectivity index (χ1) is 55.2. The van der Waals surface area contributed by atoms with Gasteiger partial charge in [-0.25, -0.2) is 0 Å². The Labute approximate surface area is 634 Å². The van der Waals surface area contributed by atoms with Gasteiger partial charge in [0.2, 0.25) is 0 Å². The number of hydrogen-bond acceptors (Lipinski definition) is 4. The van der Waals surface area contributed by atoms with Crippen molar-refractivity contribution in [3.05, 3.63) is 319 Å². The van der Waals surface area contributed by atoms with E-state index >= 15 is 0 Å². The SMILES string of the molecule is [2H]c1c([2H])c([2H])c2c(c1[2H])c1c([2H])c([2H])c([2H])c([2H])c1n2-c1ccc2c(c1)N(c1cccc(-n3c4ccccc4c4ccc(-c5ccccc5)cc43)c1C#N)c1cc(C(C)(C)C)cc3c1B2c1ccc(-n2c4ccc(C(C)(C)C)cc4c4cc(C(C)(C)C)ccc42)cc1N3c1cccc(-n2c3ccccc3c3ccccc32)c1C#N. The van der Waals surface area contributed by atoms with Crippen LogP contribution in [0.2, 0.25) is 0 Å². The molecule has 8 nitrogen and oxygen atoms in total. The highest BCUT2D eigenvalue weighted by Gasteiger charge is 2.46. The van der Waals surface area contributed by atoms with Crippen LogP contribution in [0, 0.1) is 22.7 Å². The summed E-state index contributed by atoms with van der Waals surface area (Å²) in [6, 6.07) is 86.5. The average Bonchev–Trinajstić information content (AvgIpc) is 0.866. The molecule has 0 N–H and O–H groups in total. The standard InChI is InChI=1S/C98H75BN8/c1-96(2,3)62-42-49-88-73(52-62)74-53-63(97(4,5)6)43-50-89(74)103(88)66-45-48-78-92(57-66)106(86-39-23-37-84(75(86)58-100)104-81-34-20-15-29-69(81)70-30-16-21-35-82(70)104)93-54-64(98(7,8)9)55-94-95(93)99(78)77-47-44-65(102-79-32-18-13-27-67(79)68-28-14-19-33-80(68)102)56-91(77)107(94)87-40-24-38-85(76(87)59-101)105-83-36-22-17-31-71(83)72-46-41-61(51-90(72)105)60-25-11-10-12-26-60/h10-57H,1-9H3/i13D,14D,18D,19D,27D,28D,32D,33D. The fraction of sp³-hybridized carbons (Fsp3) is 0.122. The minimum absolute atomic E-state index is 0.0223. The summed E-state index contributed by atoms with van der Waals surface area (Å²) in [4.78, 5) is 4.48. The molecule has 0 saturated carbocycles. The van der Waals surface area contributed by atoms with Crippen molar-refractivity contribution in [2.24, 2.45) is 0 Å². The molecule has 9 heteroatoms. The number of anilines is 6. The highest BCUT2D eigenvalue weighted by atomic mass is 15.2. The Morgan fingerprint density at radius 2 is 0.701 bits per heavy atom. The van der Waals surface area contributed by atoms with Crippen LogP contribution in [0.25, 0.3) is 121 Å². The summed E-state index contributed by atoms with van der Waals surface area (Å²) in [5, 5.41) is 31.3. The van der Waals surface area contributed by atoms with Crippen molar-refractivity contribution in [1.29, 1.82) is 10.5 Å². The number of aromatic nitrogens is 4. The topological polar surface area (TPSA) is 73.8 Å². The Kier molecular flexibility index (Phi) is 12.0. The lowest BCUT2D eigenvalue weighted by Crippen LogP contribution is -2.61. The Balaban J connectivity index is 0.933. The summed E-state index contributed by atoms with van der Waals surface area (Å²) >= 11 is 0. The summed E-state index contributed by atoms with van der Waals surface area (Å²) in [5.74, 6) is 0. The zero-order chi connectivity index (χ0) is 79.6. The van der Waals surface area contributed by atoms with Crippen LogP contribution in [0.5, 0.6) is 0 Å². The van der Waals surface area contributed by atoms with E-state index < -0.39 is 60.5 Å². The fourth-order valence-electron chi connectivity index (χ4n) is 17.4. The van der Waals surface area contributed by atoms with Crippen LogP contribution in [0.1, 0.15) is 101 Å². The Hall–Kier alpha value is -13.1. The lowest BCUT2D eigenvalue weighted by Gasteiger charge is -2.45. The van der Waals surface area contributed by atoms with Gasteiger partial charge in [-0.15, -0.1) is 0 Å². The molecule has 0 amide bonds. The Morgan fingerprint density at radius 3 is 1.17 bits per heavy atom. The van der Waals surface area contributed by atoms with Gasteiger partial charge in [-0.05, 0) is 182 Å². The van der Waals surface area contributed by atoms with E-state index in [0.717, 1.165) is 116 Å². The Morgan fingerprint density at radius 1 is 0.290 bits per heavy atom. The number of nitriles is 2. The fourth-order valence-corrected chi connectivity index (χ4v) is 17.4. The number of para-hydroxylation sites is 5. The van der Waals surface area contributed by atoms with E-state index in [2.05, 4.69) is 256 Å². The molecule has 0 radical (unpaired) electrons. The van der Waals surface area contributed by atoms with Crippen molar-refractivity contribution in [2.75, 3.05) is 9.80 Å². The zero-order valence-electron chi connectivity index (χ0n) is 68.7. The molecule has 107 heavy (non-hydrogen) atoms. The molecule has 0 atom stereocenters. The third kappa shape index (κ3) is 9.46. The maximum atomic E-state index is 12.6. The van der Waals surface area contributed by atoms with Gasteiger partial charge in [0, 0.05) is 77.2 Å². The molecule has 0 spiro atoms. The first kappa shape index (κ1) is 55.5. The number of rotatable bonds is 7. The molecule has 0 fully saturated rings. The van der Waals surface area contributed by atoms with Crippen LogP contribution in [-0.4, -0.2) is 25.0 Å². The quantitative estimate of drug-likeness (QED) is 0.149. The molecule has 0 unspecified atom stereocenters. The van der Waals surface area contributed by atoms with E-state index in [9.17, 15) is 18.7 Å². The number of hydrogen-bond donors (Lipinski definition) is 0. The van der Waals surface area contributed by atoms with Gasteiger partial charge >= 0.3 is 0 Å². The maximum Gasteiger partial charge on any atom is 0.252 e. The van der Waals surface area contributed by atoms with E-state index in [-0.39, 0.29) is 32.6 Å². The molecular weight excluding hydrogens is 1300 g/mol. The second kappa shape index (κ2) is 23.2. The maximum absolute atomic E-state index is 12.6. The molecular formula is C98H75BN8. The number of nitrogens with zero attached hydrogens (tertiary/aromatic N) is 8. The van der Waals surface area contributed by atoms with E-state index in [4.69, 9.17) is 2.74 Å². The van der Waals surface area contributed by atoms with Gasteiger partial charge in [0.25, 0.3) is 6.71 Å². The van der Waals surface area contributed by atoms with E-state index in [1.54, 1.807) is 4.57 Å². The molecule has 6 heterocycles. The van der Waals surface area contributed by atoms with Crippen molar-refractivity contribution < 1.29 is 11.0 Å². The minimum Gasteiger partial charge on any atom is -0.310 e. The van der Waals surface area contributed by atoms with Crippen LogP contribution >= 0.6 is 0 Å². The molecule has 0 bridgehead atoms. The third-order valence-electron chi connectivity index (χ3n) is 22.5. The smallest absolute Gasteiger partial charge is 0.252 e. The molecule has 20 rings (SSSR count). The highest BCUT2D eigenvalue weighted by molar-refractivity contribution is 7.00. The van der Waals surface area contributed by atoms with Crippen molar-refractivity contribution in [3.63, 3.8) is 0 Å². The summed E-state index contributed by atoms with van der Waals surface area (Å²) in [7, 11) is 0. The van der Waals surface area contributed by atoms with Gasteiger partial charge < -0.3 is 28.1 Å². The van der Waals surface area contributed by atoms with Crippen LogP contribution in [0.15, 0.2) is 291 Å². The van der Waals surface area contributed by atoms with E-state index in [1.807, 2.05) is 84.9 Å². The van der Waals surface area contributed by atoms with Crippen molar-refractivity contribution in [3.8, 4) is 46.0 Å². The lowest BCUT2D eigenvalue weighted by atomic mass is 9.33. The monoisotopic (exact) mass is 1380 g/mol. The van der Waals surface area contributed by atoms with Gasteiger partial charge in [0.15, 0.2) is 0 Å². The lowest BCUT2D eigenvalue weighted by molar-refractivity contribution is 0.590. The third-order valence-corrected chi connectivity index (χ3v) is 22.5. The molecule has 18 aromatic rings. The number of fused-ring (bicyclic) bond motifs is 16. The van der Waals surface area contributed by atoms with Gasteiger partial charge in [-0.2, -0.15) is 10.5 Å². The van der Waals surface area contributed by atoms with Gasteiger partial charge in [-0.3, -0.25) is 0 Å². The predicted octanol–water partition coefficient (Wildman–Crippen LogP) is 23.5. The van der Waals surface area contributed by atoms with Gasteiger partial charge in [-0.1, -0.05) is 232 Å². The molecule has 2 aliphatic rings. The molecule has 14 aromatic carbocycles. The summed E-state index contributed by atoms with van der Waals surface area (Å²) < 4.78 is 83.6. The average molecular weight is 1380 g/mol. The van der Waals surface area contributed by atoms with Crippen molar-refractivity contribution in [1.82, 2.24) is 18.3 Å². The van der Waals surface area contributed by atoms with Crippen LogP contribution < -0.4 is 26.2 Å². The van der Waals surface area contributed by atoms with E-state index in [1.165, 1.54) is 11.1 Å². The predicted molar refractivity (Wildman–Crippen MR) is 449 cm³/mol. The second-order valence-corrected chi connectivity index (χ2v) is 31.7. The van der Waals surface area contributed by atoms with Gasteiger partial charge in [0.1, 0.15) is 23.3 Å². The minimum atomic E-state index is -0.622. The number of benzene rings is 14. The normalized spacial score (nSPS) is 14.1. The first-order valence-electron chi connectivity index (χ1n) is 40.6. The largest absolute Gasteiger partial charge is 0.310 e. The van der Waals surface area contributed by atoms with E-state index in [0.29, 0.717) is 50.9 Å². The van der Waals surface area contributed by atoms with Crippen molar-refractivity contribution >= 4 is 144 Å². The Bertz CT molecular complexity index is 7250.